The monoisotopic (exact) mass is 306 g/mol. The van der Waals surface area contributed by atoms with E-state index in [1.165, 1.54) is 6.20 Å². The molecule has 1 aromatic heterocycles. The summed E-state index contributed by atoms with van der Waals surface area (Å²) in [6.45, 7) is 1.93. The summed E-state index contributed by atoms with van der Waals surface area (Å²) in [7, 11) is 0. The van der Waals surface area contributed by atoms with Crippen LogP contribution in [0, 0.1) is 11.3 Å². The lowest BCUT2D eigenvalue weighted by Gasteiger charge is -2.18. The molecule has 3 N–H and O–H groups in total. The summed E-state index contributed by atoms with van der Waals surface area (Å²) in [5.41, 5.74) is 7.47. The van der Waals surface area contributed by atoms with E-state index in [2.05, 4.69) is 10.3 Å². The molecule has 0 saturated carbocycles. The maximum atomic E-state index is 8.95. The Kier molecular flexibility index (Phi) is 4.33. The first-order valence-corrected chi connectivity index (χ1v) is 6.64. The number of aromatic nitrogens is 1. The molecule has 1 unspecified atom stereocenters. The molecule has 0 bridgehead atoms. The fourth-order valence-electron chi connectivity index (χ4n) is 1.82. The van der Waals surface area contributed by atoms with Crippen LogP contribution in [0.25, 0.3) is 0 Å². The van der Waals surface area contributed by atoms with Gasteiger partial charge in [0.05, 0.1) is 17.3 Å². The summed E-state index contributed by atoms with van der Waals surface area (Å²) in [5, 5.41) is 13.2. The molecule has 1 aromatic carbocycles. The third-order valence-electron chi connectivity index (χ3n) is 2.89. The van der Waals surface area contributed by atoms with Crippen LogP contribution >= 0.6 is 23.2 Å². The summed E-state index contributed by atoms with van der Waals surface area (Å²) in [6, 6.07) is 8.75. The van der Waals surface area contributed by atoms with Crippen LogP contribution in [0.1, 0.15) is 24.1 Å². The highest BCUT2D eigenvalue weighted by atomic mass is 35.5. The zero-order valence-corrected chi connectivity index (χ0v) is 12.2. The number of halogens is 2. The molecule has 102 valence electrons. The van der Waals surface area contributed by atoms with Gasteiger partial charge in [-0.1, -0.05) is 29.3 Å². The molecule has 0 saturated heterocycles. The maximum absolute atomic E-state index is 8.95. The van der Waals surface area contributed by atoms with Crippen molar-refractivity contribution >= 4 is 34.7 Å². The standard InChI is InChI=1S/C14H12Cl2N4/c1-8(11-3-2-10(15)6-12(11)16)20-14-13(18)9(7-17)4-5-19-14/h2-6,8H,18H2,1H3,(H,19,20). The van der Waals surface area contributed by atoms with Gasteiger partial charge in [0, 0.05) is 16.2 Å². The molecule has 0 radical (unpaired) electrons. The van der Waals surface area contributed by atoms with E-state index in [1.54, 1.807) is 18.2 Å². The highest BCUT2D eigenvalue weighted by Gasteiger charge is 2.13. The summed E-state index contributed by atoms with van der Waals surface area (Å²) < 4.78 is 0. The van der Waals surface area contributed by atoms with Gasteiger partial charge in [0.1, 0.15) is 6.07 Å². The molecule has 0 amide bonds. The van der Waals surface area contributed by atoms with E-state index in [0.717, 1.165) is 5.56 Å². The minimum absolute atomic E-state index is 0.122. The van der Waals surface area contributed by atoms with Crippen molar-refractivity contribution in [3.05, 3.63) is 51.6 Å². The van der Waals surface area contributed by atoms with E-state index in [-0.39, 0.29) is 6.04 Å². The van der Waals surface area contributed by atoms with Gasteiger partial charge in [0.25, 0.3) is 0 Å². The highest BCUT2D eigenvalue weighted by Crippen LogP contribution is 2.30. The van der Waals surface area contributed by atoms with E-state index >= 15 is 0 Å². The smallest absolute Gasteiger partial charge is 0.151 e. The van der Waals surface area contributed by atoms with Crippen LogP contribution in [0.5, 0.6) is 0 Å². The van der Waals surface area contributed by atoms with Crippen molar-refractivity contribution in [1.29, 1.82) is 5.26 Å². The first kappa shape index (κ1) is 14.4. The SMILES string of the molecule is CC(Nc1nccc(C#N)c1N)c1ccc(Cl)cc1Cl. The minimum atomic E-state index is -0.122. The van der Waals surface area contributed by atoms with Gasteiger partial charge in [-0.2, -0.15) is 5.26 Å². The third-order valence-corrected chi connectivity index (χ3v) is 3.46. The second-order valence-corrected chi connectivity index (χ2v) is 5.11. The number of anilines is 2. The quantitative estimate of drug-likeness (QED) is 0.898. The molecule has 2 rings (SSSR count). The van der Waals surface area contributed by atoms with Crippen molar-refractivity contribution in [2.75, 3.05) is 11.1 Å². The van der Waals surface area contributed by atoms with E-state index in [0.29, 0.717) is 27.1 Å². The Morgan fingerprint density at radius 3 is 2.75 bits per heavy atom. The first-order valence-electron chi connectivity index (χ1n) is 5.89. The Morgan fingerprint density at radius 1 is 1.35 bits per heavy atom. The average molecular weight is 307 g/mol. The lowest BCUT2D eigenvalue weighted by Crippen LogP contribution is -2.11. The number of nitrogens with two attached hydrogens (primary N) is 1. The van der Waals surface area contributed by atoms with Gasteiger partial charge < -0.3 is 11.1 Å². The topological polar surface area (TPSA) is 74.7 Å². The predicted molar refractivity (Wildman–Crippen MR) is 81.9 cm³/mol. The van der Waals surface area contributed by atoms with Gasteiger partial charge in [-0.15, -0.1) is 0 Å². The van der Waals surface area contributed by atoms with Crippen LogP contribution in [0.15, 0.2) is 30.5 Å². The van der Waals surface area contributed by atoms with Crippen LogP contribution < -0.4 is 11.1 Å². The molecular formula is C14H12Cl2N4. The third kappa shape index (κ3) is 2.96. The molecule has 4 nitrogen and oxygen atoms in total. The maximum Gasteiger partial charge on any atom is 0.151 e. The summed E-state index contributed by atoms with van der Waals surface area (Å²) >= 11 is 12.0. The van der Waals surface area contributed by atoms with Crippen LogP contribution in [-0.2, 0) is 0 Å². The fourth-order valence-corrected chi connectivity index (χ4v) is 2.39. The molecule has 1 heterocycles. The number of pyridine rings is 1. The summed E-state index contributed by atoms with van der Waals surface area (Å²) in [5.74, 6) is 0.461. The van der Waals surface area contributed by atoms with E-state index in [1.807, 2.05) is 19.1 Å². The Morgan fingerprint density at radius 2 is 2.10 bits per heavy atom. The van der Waals surface area contributed by atoms with Gasteiger partial charge in [-0.05, 0) is 30.7 Å². The summed E-state index contributed by atoms with van der Waals surface area (Å²) in [4.78, 5) is 4.14. The normalized spacial score (nSPS) is 11.7. The number of nitrogens with one attached hydrogen (secondary N) is 1. The van der Waals surface area contributed by atoms with Crippen molar-refractivity contribution < 1.29 is 0 Å². The molecule has 2 aromatic rings. The number of hydrogen-bond acceptors (Lipinski definition) is 4. The number of benzene rings is 1. The number of hydrogen-bond donors (Lipinski definition) is 2. The first-order chi connectivity index (χ1) is 9.52. The van der Waals surface area contributed by atoms with E-state index < -0.39 is 0 Å². The van der Waals surface area contributed by atoms with Gasteiger partial charge in [-0.25, -0.2) is 4.98 Å². The van der Waals surface area contributed by atoms with Crippen molar-refractivity contribution in [2.45, 2.75) is 13.0 Å². The highest BCUT2D eigenvalue weighted by molar-refractivity contribution is 6.35. The van der Waals surface area contributed by atoms with Crippen molar-refractivity contribution in [1.82, 2.24) is 4.98 Å². The van der Waals surface area contributed by atoms with Gasteiger partial charge in [0.15, 0.2) is 5.82 Å². The second kappa shape index (κ2) is 6.00. The lowest BCUT2D eigenvalue weighted by atomic mass is 10.1. The van der Waals surface area contributed by atoms with Crippen LogP contribution in [0.2, 0.25) is 10.0 Å². The van der Waals surface area contributed by atoms with E-state index in [9.17, 15) is 0 Å². The molecule has 1 atom stereocenters. The minimum Gasteiger partial charge on any atom is -0.395 e. The number of nitriles is 1. The van der Waals surface area contributed by atoms with Crippen LogP contribution in [-0.4, -0.2) is 4.98 Å². The van der Waals surface area contributed by atoms with Gasteiger partial charge in [-0.3, -0.25) is 0 Å². The van der Waals surface area contributed by atoms with Crippen molar-refractivity contribution in [3.63, 3.8) is 0 Å². The molecule has 6 heteroatoms. The largest absolute Gasteiger partial charge is 0.395 e. The number of rotatable bonds is 3. The Labute approximate surface area is 127 Å². The molecule has 0 aliphatic heterocycles. The molecule has 20 heavy (non-hydrogen) atoms. The van der Waals surface area contributed by atoms with Crippen molar-refractivity contribution in [2.24, 2.45) is 0 Å². The number of nitrogen functional groups attached to an aromatic ring is 1. The molecule has 0 fully saturated rings. The Balaban J connectivity index is 2.28. The van der Waals surface area contributed by atoms with Gasteiger partial charge >= 0.3 is 0 Å². The zero-order chi connectivity index (χ0) is 14.7. The molecule has 0 aliphatic carbocycles. The van der Waals surface area contributed by atoms with E-state index in [4.69, 9.17) is 34.2 Å². The summed E-state index contributed by atoms with van der Waals surface area (Å²) in [6.07, 6.45) is 1.54. The molecular weight excluding hydrogens is 295 g/mol. The molecule has 0 aliphatic rings. The fraction of sp³-hybridized carbons (Fsp3) is 0.143. The lowest BCUT2D eigenvalue weighted by molar-refractivity contribution is 0.876. The van der Waals surface area contributed by atoms with Crippen LogP contribution in [0.3, 0.4) is 0 Å². The second-order valence-electron chi connectivity index (χ2n) is 4.26. The Bertz CT molecular complexity index is 679. The zero-order valence-electron chi connectivity index (χ0n) is 10.7. The van der Waals surface area contributed by atoms with Gasteiger partial charge in [0.2, 0.25) is 0 Å². The predicted octanol–water partition coefficient (Wildman–Crippen LogP) is 4.02. The average Bonchev–Trinajstić information content (AvgIpc) is 2.41. The van der Waals surface area contributed by atoms with Crippen molar-refractivity contribution in [3.8, 4) is 6.07 Å². The Hall–Kier alpha value is -1.96. The molecule has 0 spiro atoms. The number of nitrogens with zero attached hydrogens (tertiary/aromatic N) is 2. The van der Waals surface area contributed by atoms with Crippen LogP contribution in [0.4, 0.5) is 11.5 Å².